The number of nitrogens with one attached hydrogen (secondary N) is 1. The second-order valence-corrected chi connectivity index (χ2v) is 6.56. The average molecular weight is 374 g/mol. The summed E-state index contributed by atoms with van der Waals surface area (Å²) in [5, 5.41) is 2.09. The smallest absolute Gasteiger partial charge is 0.359 e. The zero-order valence-corrected chi connectivity index (χ0v) is 14.4. The van der Waals surface area contributed by atoms with Crippen LogP contribution in [0, 0.1) is 0 Å². The van der Waals surface area contributed by atoms with Crippen LogP contribution >= 0.6 is 46.4 Å². The third-order valence-electron chi connectivity index (χ3n) is 2.03. The minimum Gasteiger partial charge on any atom is -0.451 e. The van der Waals surface area contributed by atoms with E-state index in [9.17, 15) is 9.59 Å². The summed E-state index contributed by atoms with van der Waals surface area (Å²) in [6.07, 6.45) is 0. The second-order valence-electron chi connectivity index (χ2n) is 5.07. The van der Waals surface area contributed by atoms with Crippen molar-refractivity contribution in [2.75, 3.05) is 6.61 Å². The van der Waals surface area contributed by atoms with Crippen molar-refractivity contribution < 1.29 is 14.3 Å². The van der Waals surface area contributed by atoms with Gasteiger partial charge in [-0.05, 0) is 20.8 Å². The van der Waals surface area contributed by atoms with Gasteiger partial charge >= 0.3 is 5.97 Å². The molecule has 21 heavy (non-hydrogen) atoms. The lowest BCUT2D eigenvalue weighted by Crippen LogP contribution is -2.42. The fraction of sp³-hybridized carbons (Fsp3) is 0.417. The minimum atomic E-state index is -0.926. The van der Waals surface area contributed by atoms with E-state index in [1.54, 1.807) is 20.8 Å². The van der Waals surface area contributed by atoms with Gasteiger partial charge in [0, 0.05) is 5.54 Å². The van der Waals surface area contributed by atoms with Crippen LogP contribution in [0.1, 0.15) is 31.3 Å². The van der Waals surface area contributed by atoms with Gasteiger partial charge in [-0.25, -0.2) is 9.78 Å². The summed E-state index contributed by atoms with van der Waals surface area (Å²) < 4.78 is 4.81. The Kier molecular flexibility index (Phi) is 6.11. The van der Waals surface area contributed by atoms with Gasteiger partial charge in [-0.3, -0.25) is 4.79 Å². The van der Waals surface area contributed by atoms with E-state index in [0.29, 0.717) is 0 Å². The molecule has 1 aromatic rings. The molecule has 0 unspecified atom stereocenters. The van der Waals surface area contributed by atoms with Crippen molar-refractivity contribution in [2.24, 2.45) is 0 Å². The molecule has 0 saturated heterocycles. The Morgan fingerprint density at radius 1 is 1.10 bits per heavy atom. The molecule has 0 aliphatic carbocycles. The van der Waals surface area contributed by atoms with Gasteiger partial charge in [-0.1, -0.05) is 46.4 Å². The van der Waals surface area contributed by atoms with Crippen LogP contribution in [0.3, 0.4) is 0 Å². The van der Waals surface area contributed by atoms with Gasteiger partial charge in [-0.2, -0.15) is 0 Å². The highest BCUT2D eigenvalue weighted by molar-refractivity contribution is 6.52. The first-order chi connectivity index (χ1) is 9.53. The van der Waals surface area contributed by atoms with Crippen molar-refractivity contribution in [3.8, 4) is 0 Å². The molecule has 9 heteroatoms. The molecule has 1 rings (SSSR count). The Morgan fingerprint density at radius 2 is 1.67 bits per heavy atom. The summed E-state index contributed by atoms with van der Waals surface area (Å²) in [4.78, 5) is 27.1. The minimum absolute atomic E-state index is 0.0645. The standard InChI is InChI=1S/C12H12Cl4N2O3/c1-12(2,3)18-5(19)4-21-11(20)9-7(14)6(13)8(15)10(16)17-9/h4H2,1-3H3,(H,18,19). The largest absolute Gasteiger partial charge is 0.451 e. The Labute approximate surface area is 141 Å². The lowest BCUT2D eigenvalue weighted by atomic mass is 10.1. The van der Waals surface area contributed by atoms with E-state index in [2.05, 4.69) is 10.3 Å². The molecule has 0 bridgehead atoms. The maximum Gasteiger partial charge on any atom is 0.359 e. The molecular weight excluding hydrogens is 362 g/mol. The molecular formula is C12H12Cl4N2O3. The third-order valence-corrected chi connectivity index (χ3v) is 3.70. The number of hydrogen-bond donors (Lipinski definition) is 1. The third kappa shape index (κ3) is 5.18. The summed E-state index contributed by atoms with van der Waals surface area (Å²) in [6, 6.07) is 0. The highest BCUT2D eigenvalue weighted by atomic mass is 35.5. The van der Waals surface area contributed by atoms with E-state index >= 15 is 0 Å². The molecule has 1 aromatic heterocycles. The number of hydrogen-bond acceptors (Lipinski definition) is 4. The second kappa shape index (κ2) is 7.01. The molecule has 0 saturated carbocycles. The van der Waals surface area contributed by atoms with Gasteiger partial charge in [0.2, 0.25) is 0 Å². The predicted molar refractivity (Wildman–Crippen MR) is 82.5 cm³/mol. The molecule has 0 radical (unpaired) electrons. The molecule has 0 aliphatic heterocycles. The Balaban J connectivity index is 2.80. The molecule has 1 amide bonds. The zero-order chi connectivity index (χ0) is 16.4. The van der Waals surface area contributed by atoms with Crippen LogP contribution in [-0.2, 0) is 9.53 Å². The topological polar surface area (TPSA) is 68.3 Å². The molecule has 0 spiro atoms. The van der Waals surface area contributed by atoms with Crippen LogP contribution in [0.5, 0.6) is 0 Å². The van der Waals surface area contributed by atoms with E-state index in [4.69, 9.17) is 51.1 Å². The number of halogens is 4. The monoisotopic (exact) mass is 372 g/mol. The highest BCUT2D eigenvalue weighted by Crippen LogP contribution is 2.36. The number of ether oxygens (including phenoxy) is 1. The summed E-state index contributed by atoms with van der Waals surface area (Å²) >= 11 is 23.1. The molecule has 0 aliphatic rings. The van der Waals surface area contributed by atoms with Crippen LogP contribution in [0.15, 0.2) is 0 Å². The average Bonchev–Trinajstić information content (AvgIpc) is 2.35. The molecule has 0 fully saturated rings. The summed E-state index contributed by atoms with van der Waals surface area (Å²) in [5.74, 6) is -1.39. The fourth-order valence-corrected chi connectivity index (χ4v) is 2.08. The maximum atomic E-state index is 11.8. The molecule has 0 atom stereocenters. The van der Waals surface area contributed by atoms with Gasteiger partial charge in [0.05, 0.1) is 15.1 Å². The van der Waals surface area contributed by atoms with Gasteiger partial charge in [0.15, 0.2) is 12.3 Å². The van der Waals surface area contributed by atoms with Gasteiger partial charge in [0.1, 0.15) is 5.15 Å². The van der Waals surface area contributed by atoms with Crippen molar-refractivity contribution in [2.45, 2.75) is 26.3 Å². The molecule has 1 N–H and O–H groups in total. The normalized spacial score (nSPS) is 11.2. The van der Waals surface area contributed by atoms with E-state index in [1.807, 2.05) is 0 Å². The van der Waals surface area contributed by atoms with E-state index < -0.39 is 24.0 Å². The van der Waals surface area contributed by atoms with Gasteiger partial charge < -0.3 is 10.1 Å². The first-order valence-corrected chi connectivity index (χ1v) is 7.22. The summed E-state index contributed by atoms with van der Waals surface area (Å²) in [5.41, 5.74) is -0.744. The van der Waals surface area contributed by atoms with Crippen LogP contribution < -0.4 is 5.32 Å². The first kappa shape index (κ1) is 18.3. The zero-order valence-electron chi connectivity index (χ0n) is 11.4. The number of carbonyl (C=O) groups is 2. The molecule has 0 aromatic carbocycles. The first-order valence-electron chi connectivity index (χ1n) is 5.71. The van der Waals surface area contributed by atoms with Crippen LogP contribution in [-0.4, -0.2) is 29.0 Å². The molecule has 5 nitrogen and oxygen atoms in total. The quantitative estimate of drug-likeness (QED) is 0.646. The van der Waals surface area contributed by atoms with Crippen molar-refractivity contribution >= 4 is 58.3 Å². The lowest BCUT2D eigenvalue weighted by molar-refractivity contribution is -0.125. The Bertz CT molecular complexity index is 585. The summed E-state index contributed by atoms with van der Waals surface area (Å²) in [6.45, 7) is 4.91. The van der Waals surface area contributed by atoms with Crippen LogP contribution in [0.25, 0.3) is 0 Å². The van der Waals surface area contributed by atoms with Crippen LogP contribution in [0.2, 0.25) is 20.2 Å². The van der Waals surface area contributed by atoms with E-state index in [0.717, 1.165) is 0 Å². The number of pyridine rings is 1. The van der Waals surface area contributed by atoms with Gasteiger partial charge in [-0.15, -0.1) is 0 Å². The number of rotatable bonds is 3. The van der Waals surface area contributed by atoms with Crippen molar-refractivity contribution in [1.82, 2.24) is 10.3 Å². The van der Waals surface area contributed by atoms with Crippen LogP contribution in [0.4, 0.5) is 0 Å². The molecule has 116 valence electrons. The predicted octanol–water partition coefficient (Wildman–Crippen LogP) is 3.77. The van der Waals surface area contributed by atoms with Crippen molar-refractivity contribution in [3.05, 3.63) is 25.9 Å². The number of amides is 1. The van der Waals surface area contributed by atoms with E-state index in [-0.39, 0.29) is 25.9 Å². The molecule has 1 heterocycles. The number of nitrogens with zero attached hydrogens (tertiary/aromatic N) is 1. The fourth-order valence-electron chi connectivity index (χ4n) is 1.28. The summed E-state index contributed by atoms with van der Waals surface area (Å²) in [7, 11) is 0. The van der Waals surface area contributed by atoms with E-state index in [1.165, 1.54) is 0 Å². The number of carbonyl (C=O) groups excluding carboxylic acids is 2. The number of aromatic nitrogens is 1. The van der Waals surface area contributed by atoms with Crippen molar-refractivity contribution in [3.63, 3.8) is 0 Å². The SMILES string of the molecule is CC(C)(C)NC(=O)COC(=O)c1nc(Cl)c(Cl)c(Cl)c1Cl. The maximum absolute atomic E-state index is 11.8. The van der Waals surface area contributed by atoms with Crippen molar-refractivity contribution in [1.29, 1.82) is 0 Å². The number of esters is 1. The van der Waals surface area contributed by atoms with Gasteiger partial charge in [0.25, 0.3) is 5.91 Å². The Morgan fingerprint density at radius 3 is 2.19 bits per heavy atom. The Hall–Kier alpha value is -0.750. The highest BCUT2D eigenvalue weighted by Gasteiger charge is 2.22. The lowest BCUT2D eigenvalue weighted by Gasteiger charge is -2.20.